The van der Waals surface area contributed by atoms with E-state index in [2.05, 4.69) is 5.32 Å². The van der Waals surface area contributed by atoms with Crippen molar-refractivity contribution in [3.05, 3.63) is 59.2 Å². The summed E-state index contributed by atoms with van der Waals surface area (Å²) in [6.07, 6.45) is 1.42. The van der Waals surface area contributed by atoms with Gasteiger partial charge in [0.2, 0.25) is 11.8 Å². The summed E-state index contributed by atoms with van der Waals surface area (Å²) in [6, 6.07) is 9.24. The molecule has 0 aliphatic heterocycles. The number of para-hydroxylation sites is 2. The molecule has 0 radical (unpaired) electrons. The van der Waals surface area contributed by atoms with Crippen LogP contribution in [-0.4, -0.2) is 18.4 Å². The molecule has 0 aliphatic rings. The maximum Gasteiger partial charge on any atom is 0.226 e. The molecule has 2 aromatic carbocycles. The van der Waals surface area contributed by atoms with Gasteiger partial charge >= 0.3 is 0 Å². The average molecular weight is 374 g/mol. The first-order chi connectivity index (χ1) is 12.9. The van der Waals surface area contributed by atoms with Crippen LogP contribution in [0.25, 0.3) is 0 Å². The van der Waals surface area contributed by atoms with E-state index in [1.165, 1.54) is 13.0 Å². The zero-order valence-corrected chi connectivity index (χ0v) is 15.8. The van der Waals surface area contributed by atoms with Gasteiger partial charge in [0.15, 0.2) is 0 Å². The van der Waals surface area contributed by atoms with E-state index in [4.69, 9.17) is 0 Å². The van der Waals surface area contributed by atoms with Crippen molar-refractivity contribution in [3.63, 3.8) is 0 Å². The Bertz CT molecular complexity index is 794. The smallest absolute Gasteiger partial charge is 0.226 e. The van der Waals surface area contributed by atoms with Crippen molar-refractivity contribution < 1.29 is 18.4 Å². The van der Waals surface area contributed by atoms with Crippen LogP contribution in [0.1, 0.15) is 38.3 Å². The highest BCUT2D eigenvalue weighted by atomic mass is 19.1. The highest BCUT2D eigenvalue weighted by Gasteiger charge is 2.20. The predicted molar refractivity (Wildman–Crippen MR) is 103 cm³/mol. The van der Waals surface area contributed by atoms with Gasteiger partial charge in [-0.15, -0.1) is 0 Å². The first-order valence-electron chi connectivity index (χ1n) is 9.01. The Kier molecular flexibility index (Phi) is 7.05. The monoisotopic (exact) mass is 374 g/mol. The normalized spacial score (nSPS) is 10.6. The number of anilines is 2. The van der Waals surface area contributed by atoms with Gasteiger partial charge in [0, 0.05) is 25.6 Å². The van der Waals surface area contributed by atoms with Crippen molar-refractivity contribution in [3.8, 4) is 0 Å². The quantitative estimate of drug-likeness (QED) is 0.777. The van der Waals surface area contributed by atoms with Crippen molar-refractivity contribution in [1.82, 2.24) is 0 Å². The van der Waals surface area contributed by atoms with Crippen molar-refractivity contribution in [2.75, 3.05) is 16.8 Å². The maximum absolute atomic E-state index is 13.7. The fourth-order valence-electron chi connectivity index (χ4n) is 3.02. The second-order valence-electron chi connectivity index (χ2n) is 6.20. The first-order valence-corrected chi connectivity index (χ1v) is 9.01. The van der Waals surface area contributed by atoms with Crippen LogP contribution in [0, 0.1) is 11.6 Å². The van der Waals surface area contributed by atoms with E-state index in [1.54, 1.807) is 4.90 Å². The molecular weight excluding hydrogens is 350 g/mol. The molecule has 0 saturated carbocycles. The van der Waals surface area contributed by atoms with Gasteiger partial charge in [-0.25, -0.2) is 8.78 Å². The zero-order valence-electron chi connectivity index (χ0n) is 15.8. The molecule has 6 heteroatoms. The van der Waals surface area contributed by atoms with Crippen LogP contribution < -0.4 is 10.2 Å². The molecule has 0 saturated heterocycles. The second kappa shape index (κ2) is 9.26. The molecule has 2 aromatic rings. The molecule has 0 unspecified atom stereocenters. The third-order valence-corrected chi connectivity index (χ3v) is 4.40. The Morgan fingerprint density at radius 2 is 1.48 bits per heavy atom. The number of hydrogen-bond donors (Lipinski definition) is 1. The Morgan fingerprint density at radius 3 is 1.96 bits per heavy atom. The third kappa shape index (κ3) is 4.90. The zero-order chi connectivity index (χ0) is 20.0. The standard InChI is InChI=1S/C21H24F2N2O2/c1-4-15-8-6-9-16(5-2)21(15)25(14(3)26)13-12-19(27)24-20-17(22)10-7-11-18(20)23/h6-11H,4-5,12-13H2,1-3H3,(H,24,27). The van der Waals surface area contributed by atoms with Crippen LogP contribution in [0.15, 0.2) is 36.4 Å². The van der Waals surface area contributed by atoms with Crippen molar-refractivity contribution in [1.29, 1.82) is 0 Å². The first kappa shape index (κ1) is 20.6. The number of aryl methyl sites for hydroxylation is 2. The highest BCUT2D eigenvalue weighted by molar-refractivity contribution is 5.96. The third-order valence-electron chi connectivity index (χ3n) is 4.40. The van der Waals surface area contributed by atoms with Gasteiger partial charge in [0.25, 0.3) is 0 Å². The number of halogens is 2. The van der Waals surface area contributed by atoms with Crippen LogP contribution in [0.2, 0.25) is 0 Å². The molecule has 27 heavy (non-hydrogen) atoms. The molecule has 0 fully saturated rings. The largest absolute Gasteiger partial charge is 0.321 e. The van der Waals surface area contributed by atoms with Gasteiger partial charge in [-0.2, -0.15) is 0 Å². The lowest BCUT2D eigenvalue weighted by molar-refractivity contribution is -0.117. The fourth-order valence-corrected chi connectivity index (χ4v) is 3.02. The molecule has 1 N–H and O–H groups in total. The van der Waals surface area contributed by atoms with Gasteiger partial charge in [-0.05, 0) is 36.1 Å². The topological polar surface area (TPSA) is 49.4 Å². The number of benzene rings is 2. The van der Waals surface area contributed by atoms with Crippen LogP contribution in [0.4, 0.5) is 20.2 Å². The Morgan fingerprint density at radius 1 is 0.963 bits per heavy atom. The molecule has 2 rings (SSSR count). The number of carbonyl (C=O) groups is 2. The van der Waals surface area contributed by atoms with E-state index in [9.17, 15) is 18.4 Å². The minimum atomic E-state index is -0.837. The van der Waals surface area contributed by atoms with E-state index in [0.29, 0.717) is 0 Å². The van der Waals surface area contributed by atoms with Gasteiger partial charge in [-0.1, -0.05) is 38.1 Å². The van der Waals surface area contributed by atoms with Crippen molar-refractivity contribution >= 4 is 23.2 Å². The Labute approximate surface area is 158 Å². The van der Waals surface area contributed by atoms with Crippen LogP contribution >= 0.6 is 0 Å². The molecule has 0 spiro atoms. The number of amides is 2. The summed E-state index contributed by atoms with van der Waals surface area (Å²) < 4.78 is 27.4. The summed E-state index contributed by atoms with van der Waals surface area (Å²) in [6.45, 7) is 5.58. The number of nitrogens with one attached hydrogen (secondary N) is 1. The van der Waals surface area contributed by atoms with E-state index >= 15 is 0 Å². The molecule has 0 aromatic heterocycles. The second-order valence-corrected chi connectivity index (χ2v) is 6.20. The van der Waals surface area contributed by atoms with Crippen LogP contribution in [0.3, 0.4) is 0 Å². The van der Waals surface area contributed by atoms with E-state index in [-0.39, 0.29) is 18.9 Å². The predicted octanol–water partition coefficient (Wildman–Crippen LogP) is 4.47. The van der Waals surface area contributed by atoms with Crippen LogP contribution in [-0.2, 0) is 22.4 Å². The molecule has 0 atom stereocenters. The number of nitrogens with zero attached hydrogens (tertiary/aromatic N) is 1. The average Bonchev–Trinajstić information content (AvgIpc) is 2.64. The molecule has 0 aliphatic carbocycles. The summed E-state index contributed by atoms with van der Waals surface area (Å²) in [7, 11) is 0. The van der Waals surface area contributed by atoms with E-state index in [1.807, 2.05) is 32.0 Å². The summed E-state index contributed by atoms with van der Waals surface area (Å²) in [4.78, 5) is 26.0. The van der Waals surface area contributed by atoms with Gasteiger partial charge in [0.05, 0.1) is 0 Å². The maximum atomic E-state index is 13.7. The van der Waals surface area contributed by atoms with Crippen LogP contribution in [0.5, 0.6) is 0 Å². The summed E-state index contributed by atoms with van der Waals surface area (Å²) in [5.74, 6) is -2.42. The van der Waals surface area contributed by atoms with E-state index < -0.39 is 23.2 Å². The van der Waals surface area contributed by atoms with Crippen molar-refractivity contribution in [2.24, 2.45) is 0 Å². The number of hydrogen-bond acceptors (Lipinski definition) is 2. The molecule has 2 amide bonds. The van der Waals surface area contributed by atoms with Gasteiger partial charge < -0.3 is 10.2 Å². The van der Waals surface area contributed by atoms with E-state index in [0.717, 1.165) is 41.8 Å². The fraction of sp³-hybridized carbons (Fsp3) is 0.333. The molecule has 0 heterocycles. The minimum Gasteiger partial charge on any atom is -0.321 e. The lowest BCUT2D eigenvalue weighted by Crippen LogP contribution is -2.33. The Hall–Kier alpha value is -2.76. The number of rotatable bonds is 7. The lowest BCUT2D eigenvalue weighted by Gasteiger charge is -2.26. The SMILES string of the molecule is CCc1cccc(CC)c1N(CCC(=O)Nc1c(F)cccc1F)C(C)=O. The lowest BCUT2D eigenvalue weighted by atomic mass is 10.0. The molecule has 0 bridgehead atoms. The molecule has 4 nitrogen and oxygen atoms in total. The van der Waals surface area contributed by atoms with Crippen molar-refractivity contribution in [2.45, 2.75) is 40.0 Å². The molecule has 144 valence electrons. The molecular formula is C21H24F2N2O2. The van der Waals surface area contributed by atoms with Gasteiger partial charge in [-0.3, -0.25) is 9.59 Å². The highest BCUT2D eigenvalue weighted by Crippen LogP contribution is 2.27. The minimum absolute atomic E-state index is 0.0748. The Balaban J connectivity index is 2.19. The summed E-state index contributed by atoms with van der Waals surface area (Å²) in [5, 5.41) is 2.25. The van der Waals surface area contributed by atoms with Gasteiger partial charge in [0.1, 0.15) is 17.3 Å². The number of carbonyl (C=O) groups excluding carboxylic acids is 2. The summed E-state index contributed by atoms with van der Waals surface area (Å²) in [5.41, 5.74) is 2.38. The summed E-state index contributed by atoms with van der Waals surface area (Å²) >= 11 is 0.